The Morgan fingerprint density at radius 1 is 1.29 bits per heavy atom. The standard InChI is InChI=1S/C12H15N3O2/c1-15-12(11(8-16)13-14-15)7-9-3-5-10(17-2)6-4-9/h3-6,16H,7-8H2,1-2H3. The molecule has 0 saturated carbocycles. The number of aliphatic hydroxyl groups is 1. The summed E-state index contributed by atoms with van der Waals surface area (Å²) in [7, 11) is 3.47. The summed E-state index contributed by atoms with van der Waals surface area (Å²) < 4.78 is 6.79. The Balaban J connectivity index is 2.21. The van der Waals surface area contributed by atoms with E-state index in [-0.39, 0.29) is 6.61 Å². The first-order chi connectivity index (χ1) is 8.24. The minimum atomic E-state index is -0.0840. The number of hydrogen-bond donors (Lipinski definition) is 1. The van der Waals surface area contributed by atoms with E-state index in [1.807, 2.05) is 31.3 Å². The van der Waals surface area contributed by atoms with Gasteiger partial charge in [-0.1, -0.05) is 17.3 Å². The van der Waals surface area contributed by atoms with Gasteiger partial charge in [-0.15, -0.1) is 5.10 Å². The van der Waals surface area contributed by atoms with Crippen LogP contribution in [0.25, 0.3) is 0 Å². The van der Waals surface area contributed by atoms with Crippen LogP contribution in [0.15, 0.2) is 24.3 Å². The van der Waals surface area contributed by atoms with Crippen molar-refractivity contribution < 1.29 is 9.84 Å². The minimum absolute atomic E-state index is 0.0840. The molecule has 2 aromatic rings. The minimum Gasteiger partial charge on any atom is -0.497 e. The van der Waals surface area contributed by atoms with Gasteiger partial charge in [-0.25, -0.2) is 0 Å². The molecule has 1 aromatic carbocycles. The van der Waals surface area contributed by atoms with Crippen LogP contribution >= 0.6 is 0 Å². The molecule has 2 rings (SSSR count). The van der Waals surface area contributed by atoms with Gasteiger partial charge in [-0.3, -0.25) is 4.68 Å². The van der Waals surface area contributed by atoms with Gasteiger partial charge in [-0.2, -0.15) is 0 Å². The van der Waals surface area contributed by atoms with Gasteiger partial charge >= 0.3 is 0 Å². The summed E-state index contributed by atoms with van der Waals surface area (Å²) in [6, 6.07) is 7.81. The molecule has 0 aliphatic heterocycles. The molecule has 5 nitrogen and oxygen atoms in total. The monoisotopic (exact) mass is 233 g/mol. The van der Waals surface area contributed by atoms with E-state index in [4.69, 9.17) is 9.84 Å². The van der Waals surface area contributed by atoms with Crippen LogP contribution in [0.5, 0.6) is 5.75 Å². The van der Waals surface area contributed by atoms with Crippen LogP contribution in [0, 0.1) is 0 Å². The van der Waals surface area contributed by atoms with Crippen molar-refractivity contribution >= 4 is 0 Å². The highest BCUT2D eigenvalue weighted by atomic mass is 16.5. The van der Waals surface area contributed by atoms with E-state index in [2.05, 4.69) is 10.3 Å². The second-order valence-electron chi connectivity index (χ2n) is 3.79. The molecule has 0 aliphatic rings. The van der Waals surface area contributed by atoms with Gasteiger partial charge in [0.2, 0.25) is 0 Å². The second-order valence-corrected chi connectivity index (χ2v) is 3.79. The largest absolute Gasteiger partial charge is 0.497 e. The van der Waals surface area contributed by atoms with Crippen molar-refractivity contribution in [2.45, 2.75) is 13.0 Å². The van der Waals surface area contributed by atoms with Gasteiger partial charge in [0.1, 0.15) is 11.4 Å². The molecule has 90 valence electrons. The Morgan fingerprint density at radius 2 is 2.00 bits per heavy atom. The summed E-state index contributed by atoms with van der Waals surface area (Å²) in [5.74, 6) is 0.833. The van der Waals surface area contributed by atoms with Gasteiger partial charge in [0.05, 0.1) is 19.4 Å². The molecule has 0 amide bonds. The number of nitrogens with zero attached hydrogens (tertiary/aromatic N) is 3. The van der Waals surface area contributed by atoms with Crippen molar-refractivity contribution in [3.05, 3.63) is 41.2 Å². The lowest BCUT2D eigenvalue weighted by atomic mass is 10.1. The number of rotatable bonds is 4. The summed E-state index contributed by atoms with van der Waals surface area (Å²) >= 11 is 0. The van der Waals surface area contributed by atoms with Crippen molar-refractivity contribution in [1.29, 1.82) is 0 Å². The lowest BCUT2D eigenvalue weighted by Gasteiger charge is -2.05. The first kappa shape index (κ1) is 11.6. The molecular weight excluding hydrogens is 218 g/mol. The highest BCUT2D eigenvalue weighted by Gasteiger charge is 2.10. The Hall–Kier alpha value is -1.88. The molecule has 0 spiro atoms. The SMILES string of the molecule is COc1ccc(Cc2c(CO)nnn2C)cc1. The highest BCUT2D eigenvalue weighted by Crippen LogP contribution is 2.15. The van der Waals surface area contributed by atoms with Crippen LogP contribution in [0.4, 0.5) is 0 Å². The van der Waals surface area contributed by atoms with Crippen LogP contribution in [-0.2, 0) is 20.1 Å². The van der Waals surface area contributed by atoms with Gasteiger partial charge < -0.3 is 9.84 Å². The maximum Gasteiger partial charge on any atom is 0.118 e. The fourth-order valence-electron chi connectivity index (χ4n) is 1.70. The quantitative estimate of drug-likeness (QED) is 0.852. The smallest absolute Gasteiger partial charge is 0.118 e. The zero-order valence-corrected chi connectivity index (χ0v) is 9.92. The van der Waals surface area contributed by atoms with Gasteiger partial charge in [-0.05, 0) is 17.7 Å². The molecule has 0 aliphatic carbocycles. The number of aryl methyl sites for hydroxylation is 1. The molecule has 0 unspecified atom stereocenters. The van der Waals surface area contributed by atoms with Crippen LogP contribution in [0.2, 0.25) is 0 Å². The van der Waals surface area contributed by atoms with Crippen LogP contribution in [0.3, 0.4) is 0 Å². The average molecular weight is 233 g/mol. The van der Waals surface area contributed by atoms with Crippen molar-refractivity contribution in [3.63, 3.8) is 0 Å². The number of benzene rings is 1. The zero-order valence-electron chi connectivity index (χ0n) is 9.92. The molecule has 0 radical (unpaired) electrons. The summed E-state index contributed by atoms with van der Waals surface area (Å²) in [5, 5.41) is 17.0. The van der Waals surface area contributed by atoms with E-state index in [9.17, 15) is 0 Å². The summed E-state index contributed by atoms with van der Waals surface area (Å²) in [6.07, 6.45) is 0.698. The fourth-order valence-corrected chi connectivity index (χ4v) is 1.70. The van der Waals surface area contributed by atoms with Crippen LogP contribution < -0.4 is 4.74 Å². The third-order valence-corrected chi connectivity index (χ3v) is 2.70. The average Bonchev–Trinajstić information content (AvgIpc) is 2.71. The molecule has 1 heterocycles. The van der Waals surface area contributed by atoms with Gasteiger partial charge in [0.25, 0.3) is 0 Å². The van der Waals surface area contributed by atoms with Crippen molar-refractivity contribution in [3.8, 4) is 5.75 Å². The van der Waals surface area contributed by atoms with E-state index in [0.717, 1.165) is 17.0 Å². The lowest BCUT2D eigenvalue weighted by molar-refractivity contribution is 0.275. The zero-order chi connectivity index (χ0) is 12.3. The number of methoxy groups -OCH3 is 1. The second kappa shape index (κ2) is 4.97. The summed E-state index contributed by atoms with van der Waals surface area (Å²) in [6.45, 7) is -0.0840. The van der Waals surface area contributed by atoms with E-state index in [1.165, 1.54) is 0 Å². The fraction of sp³-hybridized carbons (Fsp3) is 0.333. The van der Waals surface area contributed by atoms with Crippen LogP contribution in [0.1, 0.15) is 17.0 Å². The molecule has 1 aromatic heterocycles. The van der Waals surface area contributed by atoms with Crippen molar-refractivity contribution in [2.24, 2.45) is 7.05 Å². The van der Waals surface area contributed by atoms with Crippen molar-refractivity contribution in [1.82, 2.24) is 15.0 Å². The molecule has 0 saturated heterocycles. The normalized spacial score (nSPS) is 10.5. The number of ether oxygens (including phenoxy) is 1. The highest BCUT2D eigenvalue weighted by molar-refractivity contribution is 5.30. The molecule has 17 heavy (non-hydrogen) atoms. The summed E-state index contributed by atoms with van der Waals surface area (Å²) in [5.41, 5.74) is 2.69. The predicted octanol–water partition coefficient (Wildman–Crippen LogP) is 0.907. The summed E-state index contributed by atoms with van der Waals surface area (Å²) in [4.78, 5) is 0. The topological polar surface area (TPSA) is 60.2 Å². The Kier molecular flexibility index (Phi) is 3.39. The number of aromatic nitrogens is 3. The van der Waals surface area contributed by atoms with Gasteiger partial charge in [0.15, 0.2) is 0 Å². The van der Waals surface area contributed by atoms with Gasteiger partial charge in [0, 0.05) is 13.5 Å². The first-order valence-corrected chi connectivity index (χ1v) is 5.36. The maximum atomic E-state index is 9.16. The van der Waals surface area contributed by atoms with E-state index in [0.29, 0.717) is 12.1 Å². The molecule has 1 N–H and O–H groups in total. The molecule has 0 bridgehead atoms. The molecule has 5 heteroatoms. The Bertz CT molecular complexity index is 491. The van der Waals surface area contributed by atoms with Crippen molar-refractivity contribution in [2.75, 3.05) is 7.11 Å². The van der Waals surface area contributed by atoms with E-state index < -0.39 is 0 Å². The predicted molar refractivity (Wildman–Crippen MR) is 62.7 cm³/mol. The number of hydrogen-bond acceptors (Lipinski definition) is 4. The molecular formula is C12H15N3O2. The molecule has 0 fully saturated rings. The Morgan fingerprint density at radius 3 is 2.59 bits per heavy atom. The van der Waals surface area contributed by atoms with Crippen LogP contribution in [-0.4, -0.2) is 27.2 Å². The lowest BCUT2D eigenvalue weighted by Crippen LogP contribution is -2.02. The first-order valence-electron chi connectivity index (χ1n) is 5.36. The molecule has 0 atom stereocenters. The maximum absolute atomic E-state index is 9.16. The Labute approximate surface area is 99.7 Å². The third kappa shape index (κ3) is 2.45. The number of aliphatic hydroxyl groups excluding tert-OH is 1. The van der Waals surface area contributed by atoms with E-state index in [1.54, 1.807) is 11.8 Å². The van der Waals surface area contributed by atoms with E-state index >= 15 is 0 Å². The third-order valence-electron chi connectivity index (χ3n) is 2.70.